The van der Waals surface area contributed by atoms with E-state index in [2.05, 4.69) is 36.3 Å². The number of carbonyl (C=O) groups excluding carboxylic acids is 2. The highest BCUT2D eigenvalue weighted by atomic mass is 16.1. The van der Waals surface area contributed by atoms with Gasteiger partial charge < -0.3 is 10.1 Å². The maximum Gasteiger partial charge on any atom is 0.254 e. The zero-order valence-electron chi connectivity index (χ0n) is 11.0. The summed E-state index contributed by atoms with van der Waals surface area (Å²) >= 11 is 0. The predicted molar refractivity (Wildman–Crippen MR) is 67.0 cm³/mol. The molecule has 1 heterocycles. The summed E-state index contributed by atoms with van der Waals surface area (Å²) in [4.78, 5) is 19.8. The first-order valence-electron chi connectivity index (χ1n) is 5.57. The molecule has 5 nitrogen and oxygen atoms in total. The van der Waals surface area contributed by atoms with Gasteiger partial charge in [-0.2, -0.15) is 5.10 Å². The molecular weight excluding hydrogens is 218 g/mol. The first kappa shape index (κ1) is 15.3. The lowest BCUT2D eigenvalue weighted by Crippen LogP contribution is -2.27. The molecule has 0 saturated carbocycles. The lowest BCUT2D eigenvalue weighted by Gasteiger charge is -2.17. The fourth-order valence-corrected chi connectivity index (χ4v) is 1.36. The van der Waals surface area contributed by atoms with Crippen LogP contribution in [-0.2, 0) is 10.2 Å². The van der Waals surface area contributed by atoms with Crippen LogP contribution in [0.15, 0.2) is 6.20 Å². The van der Waals surface area contributed by atoms with Gasteiger partial charge in [0.15, 0.2) is 0 Å². The SMILES string of the molecule is C=O.CCCNC(=O)c1cn[nH]c1C(C)(C)C. The highest BCUT2D eigenvalue weighted by Gasteiger charge is 2.23. The Morgan fingerprint density at radius 1 is 1.47 bits per heavy atom. The molecule has 17 heavy (non-hydrogen) atoms. The van der Waals surface area contributed by atoms with Gasteiger partial charge in [-0.25, -0.2) is 0 Å². The fraction of sp³-hybridized carbons (Fsp3) is 0.583. The van der Waals surface area contributed by atoms with Gasteiger partial charge >= 0.3 is 0 Å². The first-order valence-corrected chi connectivity index (χ1v) is 5.57. The van der Waals surface area contributed by atoms with Gasteiger partial charge in [0.25, 0.3) is 5.91 Å². The minimum absolute atomic E-state index is 0.0458. The topological polar surface area (TPSA) is 74.8 Å². The molecular formula is C12H21N3O2. The van der Waals surface area contributed by atoms with Gasteiger partial charge in [0.1, 0.15) is 6.79 Å². The Labute approximate surface area is 102 Å². The van der Waals surface area contributed by atoms with Gasteiger partial charge in [-0.1, -0.05) is 27.7 Å². The van der Waals surface area contributed by atoms with Crippen LogP contribution in [0.2, 0.25) is 0 Å². The van der Waals surface area contributed by atoms with Crippen molar-refractivity contribution in [3.63, 3.8) is 0 Å². The molecule has 0 aromatic carbocycles. The molecule has 5 heteroatoms. The Morgan fingerprint density at radius 2 is 2.06 bits per heavy atom. The third-order valence-electron chi connectivity index (χ3n) is 2.17. The van der Waals surface area contributed by atoms with E-state index in [4.69, 9.17) is 4.79 Å². The van der Waals surface area contributed by atoms with Crippen LogP contribution in [0.1, 0.15) is 50.2 Å². The largest absolute Gasteiger partial charge is 0.352 e. The van der Waals surface area contributed by atoms with Crippen LogP contribution in [0.4, 0.5) is 0 Å². The van der Waals surface area contributed by atoms with Crippen LogP contribution in [0.3, 0.4) is 0 Å². The lowest BCUT2D eigenvalue weighted by molar-refractivity contribution is -0.0979. The number of aromatic nitrogens is 2. The molecule has 0 saturated heterocycles. The van der Waals surface area contributed by atoms with Crippen LogP contribution in [-0.4, -0.2) is 29.4 Å². The van der Waals surface area contributed by atoms with E-state index in [1.54, 1.807) is 6.20 Å². The number of rotatable bonds is 3. The second kappa shape index (κ2) is 6.83. The summed E-state index contributed by atoms with van der Waals surface area (Å²) < 4.78 is 0. The van der Waals surface area contributed by atoms with Crippen LogP contribution in [0, 0.1) is 0 Å². The van der Waals surface area contributed by atoms with Gasteiger partial charge in [0, 0.05) is 12.0 Å². The van der Waals surface area contributed by atoms with Crippen molar-refractivity contribution in [2.24, 2.45) is 0 Å². The summed E-state index contributed by atoms with van der Waals surface area (Å²) in [7, 11) is 0. The number of H-pyrrole nitrogens is 1. The average molecular weight is 239 g/mol. The minimum atomic E-state index is -0.0879. The first-order chi connectivity index (χ1) is 7.96. The monoisotopic (exact) mass is 239 g/mol. The summed E-state index contributed by atoms with van der Waals surface area (Å²) in [6.45, 7) is 10.9. The van der Waals surface area contributed by atoms with Gasteiger partial charge in [-0.3, -0.25) is 9.89 Å². The molecule has 1 amide bonds. The molecule has 0 radical (unpaired) electrons. The fourth-order valence-electron chi connectivity index (χ4n) is 1.36. The van der Waals surface area contributed by atoms with Crippen molar-refractivity contribution < 1.29 is 9.59 Å². The van der Waals surface area contributed by atoms with Gasteiger partial charge in [0.2, 0.25) is 0 Å². The predicted octanol–water partition coefficient (Wildman–Crippen LogP) is 1.66. The van der Waals surface area contributed by atoms with E-state index in [1.807, 2.05) is 13.7 Å². The van der Waals surface area contributed by atoms with E-state index in [-0.39, 0.29) is 11.3 Å². The van der Waals surface area contributed by atoms with Crippen molar-refractivity contribution in [1.82, 2.24) is 15.5 Å². The second-order valence-electron chi connectivity index (χ2n) is 4.66. The van der Waals surface area contributed by atoms with Crippen molar-refractivity contribution in [1.29, 1.82) is 0 Å². The maximum atomic E-state index is 11.8. The van der Waals surface area contributed by atoms with Crippen molar-refractivity contribution in [2.75, 3.05) is 6.54 Å². The lowest BCUT2D eigenvalue weighted by atomic mass is 9.89. The van der Waals surface area contributed by atoms with Crippen LogP contribution in [0.5, 0.6) is 0 Å². The Balaban J connectivity index is 0.00000121. The number of hydrogen-bond acceptors (Lipinski definition) is 3. The van der Waals surface area contributed by atoms with Crippen molar-refractivity contribution in [2.45, 2.75) is 39.5 Å². The zero-order valence-corrected chi connectivity index (χ0v) is 11.0. The maximum absolute atomic E-state index is 11.8. The Bertz CT molecular complexity index is 353. The number of nitrogens with zero attached hydrogens (tertiary/aromatic N) is 1. The van der Waals surface area contributed by atoms with Gasteiger partial charge in [0.05, 0.1) is 17.5 Å². The average Bonchev–Trinajstić information content (AvgIpc) is 2.77. The van der Waals surface area contributed by atoms with Crippen LogP contribution >= 0.6 is 0 Å². The molecule has 0 spiro atoms. The molecule has 1 rings (SSSR count). The summed E-state index contributed by atoms with van der Waals surface area (Å²) in [5.41, 5.74) is 1.45. The minimum Gasteiger partial charge on any atom is -0.352 e. The van der Waals surface area contributed by atoms with E-state index in [0.717, 1.165) is 12.1 Å². The summed E-state index contributed by atoms with van der Waals surface area (Å²) in [6, 6.07) is 0. The van der Waals surface area contributed by atoms with E-state index in [9.17, 15) is 4.79 Å². The van der Waals surface area contributed by atoms with E-state index >= 15 is 0 Å². The quantitative estimate of drug-likeness (QED) is 0.842. The number of carbonyl (C=O) groups is 2. The normalized spacial score (nSPS) is 10.4. The Kier molecular flexibility index (Phi) is 6.17. The molecule has 0 bridgehead atoms. The van der Waals surface area contributed by atoms with Crippen molar-refractivity contribution in [3.05, 3.63) is 17.5 Å². The number of aromatic amines is 1. The summed E-state index contributed by atoms with van der Waals surface area (Å²) in [5.74, 6) is -0.0458. The summed E-state index contributed by atoms with van der Waals surface area (Å²) in [5, 5.41) is 9.67. The Morgan fingerprint density at radius 3 is 2.53 bits per heavy atom. The van der Waals surface area contributed by atoms with Crippen LogP contribution in [0.25, 0.3) is 0 Å². The van der Waals surface area contributed by atoms with E-state index in [1.165, 1.54) is 0 Å². The number of hydrogen-bond donors (Lipinski definition) is 2. The third kappa shape index (κ3) is 4.38. The highest BCUT2D eigenvalue weighted by molar-refractivity contribution is 5.95. The molecule has 2 N–H and O–H groups in total. The summed E-state index contributed by atoms with van der Waals surface area (Å²) in [6.07, 6.45) is 2.53. The van der Waals surface area contributed by atoms with Crippen LogP contribution < -0.4 is 5.32 Å². The molecule has 0 fully saturated rings. The van der Waals surface area contributed by atoms with Crippen molar-refractivity contribution in [3.8, 4) is 0 Å². The molecule has 96 valence electrons. The molecule has 0 unspecified atom stereocenters. The molecule has 0 aliphatic rings. The van der Waals surface area contributed by atoms with Crippen molar-refractivity contribution >= 4 is 12.7 Å². The standard InChI is InChI=1S/C11H19N3O.CH2O/c1-5-6-12-10(15)8-7-13-14-9(8)11(2,3)4;1-2/h7H,5-6H2,1-4H3,(H,12,15)(H,13,14);1H2. The smallest absolute Gasteiger partial charge is 0.254 e. The van der Waals surface area contributed by atoms with Gasteiger partial charge in [-0.15, -0.1) is 0 Å². The Hall–Kier alpha value is -1.65. The molecule has 0 aliphatic heterocycles. The highest BCUT2D eigenvalue weighted by Crippen LogP contribution is 2.23. The second-order valence-corrected chi connectivity index (χ2v) is 4.66. The third-order valence-corrected chi connectivity index (χ3v) is 2.17. The molecule has 0 aliphatic carbocycles. The van der Waals surface area contributed by atoms with Gasteiger partial charge in [-0.05, 0) is 6.42 Å². The molecule has 1 aromatic rings. The molecule has 0 atom stereocenters. The number of nitrogens with one attached hydrogen (secondary N) is 2. The molecule has 1 aromatic heterocycles. The number of amides is 1. The zero-order chi connectivity index (χ0) is 13.5. The van der Waals surface area contributed by atoms with E-state index in [0.29, 0.717) is 12.1 Å². The van der Waals surface area contributed by atoms with E-state index < -0.39 is 0 Å².